The zero-order valence-electron chi connectivity index (χ0n) is 11.7. The summed E-state index contributed by atoms with van der Waals surface area (Å²) in [6.45, 7) is 0. The second kappa shape index (κ2) is 6.05. The normalized spacial score (nSPS) is 10.5. The summed E-state index contributed by atoms with van der Waals surface area (Å²) in [4.78, 5) is 12.2. The van der Waals surface area contributed by atoms with Crippen molar-refractivity contribution in [2.45, 2.75) is 0 Å². The standard InChI is InChI=1S/C15H11ClFN5O/c16-9-4-3-5-10(8-9)22-14(18)13(20-21-22)15(23)19-12-7-2-1-6-11(12)17/h1-8H,18H2,(H,19,23). The number of nitrogens with one attached hydrogen (secondary N) is 1. The Morgan fingerprint density at radius 1 is 1.22 bits per heavy atom. The first-order chi connectivity index (χ1) is 11.1. The van der Waals surface area contributed by atoms with Crippen LogP contribution in [0.1, 0.15) is 10.5 Å². The van der Waals surface area contributed by atoms with Crippen LogP contribution in [0.4, 0.5) is 15.9 Å². The molecule has 0 aliphatic heterocycles. The van der Waals surface area contributed by atoms with Gasteiger partial charge in [0.25, 0.3) is 5.91 Å². The van der Waals surface area contributed by atoms with Gasteiger partial charge >= 0.3 is 0 Å². The van der Waals surface area contributed by atoms with E-state index in [1.807, 2.05) is 0 Å². The number of benzene rings is 2. The van der Waals surface area contributed by atoms with Crippen LogP contribution >= 0.6 is 11.6 Å². The number of rotatable bonds is 3. The van der Waals surface area contributed by atoms with Crippen LogP contribution in [-0.4, -0.2) is 20.9 Å². The molecule has 0 spiro atoms. The summed E-state index contributed by atoms with van der Waals surface area (Å²) < 4.78 is 14.9. The molecule has 0 saturated heterocycles. The van der Waals surface area contributed by atoms with Gasteiger partial charge in [0.05, 0.1) is 11.4 Å². The van der Waals surface area contributed by atoms with Crippen LogP contribution in [-0.2, 0) is 0 Å². The van der Waals surface area contributed by atoms with Crippen LogP contribution in [0.2, 0.25) is 5.02 Å². The smallest absolute Gasteiger partial charge is 0.280 e. The molecule has 0 bridgehead atoms. The lowest BCUT2D eigenvalue weighted by Gasteiger charge is -2.05. The third-order valence-electron chi connectivity index (χ3n) is 3.09. The topological polar surface area (TPSA) is 85.8 Å². The molecule has 0 aliphatic rings. The van der Waals surface area contributed by atoms with E-state index >= 15 is 0 Å². The number of nitrogen functional groups attached to an aromatic ring is 1. The lowest BCUT2D eigenvalue weighted by molar-refractivity contribution is 0.102. The molecule has 2 aromatic carbocycles. The number of carbonyl (C=O) groups is 1. The molecular formula is C15H11ClFN5O. The summed E-state index contributed by atoms with van der Waals surface area (Å²) in [6.07, 6.45) is 0. The number of hydrogen-bond acceptors (Lipinski definition) is 4. The summed E-state index contributed by atoms with van der Waals surface area (Å²) in [5.41, 5.74) is 6.41. The molecule has 0 saturated carbocycles. The Balaban J connectivity index is 1.90. The van der Waals surface area contributed by atoms with Crippen molar-refractivity contribution in [2.75, 3.05) is 11.1 Å². The maximum Gasteiger partial charge on any atom is 0.280 e. The van der Waals surface area contributed by atoms with E-state index in [2.05, 4.69) is 15.6 Å². The first-order valence-corrected chi connectivity index (χ1v) is 6.97. The van der Waals surface area contributed by atoms with Crippen LogP contribution in [0.3, 0.4) is 0 Å². The number of carbonyl (C=O) groups excluding carboxylic acids is 1. The van der Waals surface area contributed by atoms with Crippen molar-refractivity contribution < 1.29 is 9.18 Å². The fourth-order valence-electron chi connectivity index (χ4n) is 1.99. The van der Waals surface area contributed by atoms with Gasteiger partial charge in [0.1, 0.15) is 5.82 Å². The molecule has 23 heavy (non-hydrogen) atoms. The Kier molecular flexibility index (Phi) is 3.94. The van der Waals surface area contributed by atoms with Crippen LogP contribution in [0.25, 0.3) is 5.69 Å². The Hall–Kier alpha value is -2.93. The summed E-state index contributed by atoms with van der Waals surface area (Å²) in [7, 11) is 0. The van der Waals surface area contributed by atoms with Crippen LogP contribution in [0.5, 0.6) is 0 Å². The van der Waals surface area contributed by atoms with Crippen molar-refractivity contribution in [1.82, 2.24) is 15.0 Å². The second-order valence-electron chi connectivity index (χ2n) is 4.65. The predicted octanol–water partition coefficient (Wildman–Crippen LogP) is 2.89. The van der Waals surface area contributed by atoms with Crippen molar-refractivity contribution in [3.05, 3.63) is 65.1 Å². The minimum atomic E-state index is -0.652. The van der Waals surface area contributed by atoms with Gasteiger partial charge in [0.15, 0.2) is 11.5 Å². The van der Waals surface area contributed by atoms with E-state index in [-0.39, 0.29) is 17.2 Å². The summed E-state index contributed by atoms with van der Waals surface area (Å²) in [5, 5.41) is 10.5. The molecule has 3 N–H and O–H groups in total. The Morgan fingerprint density at radius 2 is 2.00 bits per heavy atom. The highest BCUT2D eigenvalue weighted by molar-refractivity contribution is 6.30. The van der Waals surface area contributed by atoms with Gasteiger partial charge in [-0.15, -0.1) is 5.10 Å². The molecular weight excluding hydrogens is 321 g/mol. The van der Waals surface area contributed by atoms with Gasteiger partial charge in [-0.2, -0.15) is 4.68 Å². The zero-order valence-corrected chi connectivity index (χ0v) is 12.5. The lowest BCUT2D eigenvalue weighted by atomic mass is 10.3. The second-order valence-corrected chi connectivity index (χ2v) is 5.09. The molecule has 1 amide bonds. The number of amides is 1. The molecule has 0 atom stereocenters. The highest BCUT2D eigenvalue weighted by Gasteiger charge is 2.19. The van der Waals surface area contributed by atoms with Gasteiger partial charge in [-0.3, -0.25) is 4.79 Å². The summed E-state index contributed by atoms with van der Waals surface area (Å²) in [5.74, 6) is -1.18. The fraction of sp³-hybridized carbons (Fsp3) is 0. The summed E-state index contributed by atoms with van der Waals surface area (Å²) >= 11 is 5.92. The van der Waals surface area contributed by atoms with E-state index in [9.17, 15) is 9.18 Å². The predicted molar refractivity (Wildman–Crippen MR) is 85.1 cm³/mol. The summed E-state index contributed by atoms with van der Waals surface area (Å²) in [6, 6.07) is 12.6. The number of nitrogens with zero attached hydrogens (tertiary/aromatic N) is 3. The minimum absolute atomic E-state index is 0.0288. The number of anilines is 2. The largest absolute Gasteiger partial charge is 0.382 e. The van der Waals surface area contributed by atoms with Gasteiger partial charge in [-0.25, -0.2) is 4.39 Å². The number of hydrogen-bond donors (Lipinski definition) is 2. The van der Waals surface area contributed by atoms with E-state index in [1.165, 1.54) is 22.9 Å². The van der Waals surface area contributed by atoms with E-state index in [0.717, 1.165) is 0 Å². The quantitative estimate of drug-likeness (QED) is 0.772. The average molecular weight is 332 g/mol. The number of para-hydroxylation sites is 1. The maximum atomic E-state index is 13.6. The molecule has 0 fully saturated rings. The Labute approximate surface area is 135 Å². The van der Waals surface area contributed by atoms with E-state index in [0.29, 0.717) is 10.7 Å². The monoisotopic (exact) mass is 331 g/mol. The Bertz CT molecular complexity index is 880. The average Bonchev–Trinajstić information content (AvgIpc) is 2.91. The Morgan fingerprint density at radius 3 is 2.74 bits per heavy atom. The maximum absolute atomic E-state index is 13.6. The van der Waals surface area contributed by atoms with Gasteiger partial charge in [0.2, 0.25) is 0 Å². The molecule has 0 aliphatic carbocycles. The number of halogens is 2. The molecule has 1 aromatic heterocycles. The first-order valence-electron chi connectivity index (χ1n) is 6.59. The van der Waals surface area contributed by atoms with Gasteiger partial charge in [-0.1, -0.05) is 35.0 Å². The van der Waals surface area contributed by atoms with Gasteiger partial charge in [0, 0.05) is 5.02 Å². The molecule has 116 valence electrons. The van der Waals surface area contributed by atoms with Crippen molar-refractivity contribution in [3.63, 3.8) is 0 Å². The van der Waals surface area contributed by atoms with Crippen LogP contribution in [0, 0.1) is 5.82 Å². The van der Waals surface area contributed by atoms with E-state index in [1.54, 1.807) is 30.3 Å². The minimum Gasteiger partial charge on any atom is -0.382 e. The third kappa shape index (κ3) is 3.00. The van der Waals surface area contributed by atoms with E-state index < -0.39 is 11.7 Å². The molecule has 6 nitrogen and oxygen atoms in total. The van der Waals surface area contributed by atoms with Crippen LogP contribution < -0.4 is 11.1 Å². The highest BCUT2D eigenvalue weighted by atomic mass is 35.5. The SMILES string of the molecule is Nc1c(C(=O)Nc2ccccc2F)nnn1-c1cccc(Cl)c1. The van der Waals surface area contributed by atoms with Crippen molar-refractivity contribution in [2.24, 2.45) is 0 Å². The molecule has 3 rings (SSSR count). The third-order valence-corrected chi connectivity index (χ3v) is 3.33. The lowest BCUT2D eigenvalue weighted by Crippen LogP contribution is -2.15. The van der Waals surface area contributed by atoms with Crippen molar-refractivity contribution in [1.29, 1.82) is 0 Å². The highest BCUT2D eigenvalue weighted by Crippen LogP contribution is 2.20. The molecule has 0 radical (unpaired) electrons. The first kappa shape index (κ1) is 15.0. The van der Waals surface area contributed by atoms with E-state index in [4.69, 9.17) is 17.3 Å². The number of aromatic nitrogens is 3. The fourth-order valence-corrected chi connectivity index (χ4v) is 2.18. The van der Waals surface area contributed by atoms with Crippen molar-refractivity contribution >= 4 is 29.0 Å². The molecule has 3 aromatic rings. The van der Waals surface area contributed by atoms with Gasteiger partial charge in [-0.05, 0) is 30.3 Å². The molecule has 0 unspecified atom stereocenters. The zero-order chi connectivity index (χ0) is 16.4. The van der Waals surface area contributed by atoms with Crippen LogP contribution in [0.15, 0.2) is 48.5 Å². The molecule has 1 heterocycles. The number of nitrogens with two attached hydrogens (primary N) is 1. The van der Waals surface area contributed by atoms with Gasteiger partial charge < -0.3 is 11.1 Å². The molecule has 8 heteroatoms. The van der Waals surface area contributed by atoms with Crippen molar-refractivity contribution in [3.8, 4) is 5.69 Å².